The molecule has 19 heavy (non-hydrogen) atoms. The maximum absolute atomic E-state index is 13.4. The van der Waals surface area contributed by atoms with Gasteiger partial charge in [-0.25, -0.2) is 13.2 Å². The van der Waals surface area contributed by atoms with Gasteiger partial charge >= 0.3 is 0 Å². The molecule has 0 heterocycles. The third-order valence-electron chi connectivity index (χ3n) is 2.76. The Morgan fingerprint density at radius 2 is 1.47 bits per heavy atom. The highest BCUT2D eigenvalue weighted by atomic mass is 19.2. The van der Waals surface area contributed by atoms with Gasteiger partial charge < -0.3 is 4.74 Å². The smallest absolute Gasteiger partial charge is 0.207 e. The zero-order valence-electron chi connectivity index (χ0n) is 9.81. The predicted molar refractivity (Wildman–Crippen MR) is 57.9 cm³/mol. The average molecular weight is 276 g/mol. The molecule has 0 saturated carbocycles. The molecule has 0 bridgehead atoms. The first kappa shape index (κ1) is 13.6. The van der Waals surface area contributed by atoms with E-state index >= 15 is 0 Å². The van der Waals surface area contributed by atoms with Crippen LogP contribution in [0.4, 0.5) is 22.0 Å². The molecule has 1 aromatic rings. The average Bonchev–Trinajstić information content (AvgIpc) is 2.41. The number of rotatable bonds is 2. The van der Waals surface area contributed by atoms with Crippen molar-refractivity contribution < 1.29 is 26.7 Å². The number of hydrogen-bond donors (Lipinski definition) is 0. The van der Waals surface area contributed by atoms with Gasteiger partial charge in [-0.1, -0.05) is 19.1 Å². The molecule has 1 nitrogen and oxygen atoms in total. The molecule has 2 rings (SSSR count). The van der Waals surface area contributed by atoms with E-state index in [4.69, 9.17) is 4.74 Å². The summed E-state index contributed by atoms with van der Waals surface area (Å²) in [5, 5.41) is 0. The van der Waals surface area contributed by atoms with E-state index < -0.39 is 34.8 Å². The molecule has 0 radical (unpaired) electrons. The second-order valence-corrected chi connectivity index (χ2v) is 4.14. The Morgan fingerprint density at radius 3 is 2.00 bits per heavy atom. The Hall–Kier alpha value is -1.85. The van der Waals surface area contributed by atoms with Gasteiger partial charge in [-0.15, -0.1) is 0 Å². The lowest BCUT2D eigenvalue weighted by atomic mass is 10.0. The van der Waals surface area contributed by atoms with E-state index in [1.54, 1.807) is 19.1 Å². The lowest BCUT2D eigenvalue weighted by Gasteiger charge is -2.18. The fourth-order valence-electron chi connectivity index (χ4n) is 1.65. The van der Waals surface area contributed by atoms with E-state index in [1.807, 2.05) is 0 Å². The third-order valence-corrected chi connectivity index (χ3v) is 2.76. The first-order valence-corrected chi connectivity index (χ1v) is 5.49. The number of benzene rings is 1. The van der Waals surface area contributed by atoms with Crippen LogP contribution in [-0.2, 0) is 0 Å². The monoisotopic (exact) mass is 276 g/mol. The van der Waals surface area contributed by atoms with Gasteiger partial charge in [0.1, 0.15) is 5.76 Å². The fourth-order valence-corrected chi connectivity index (χ4v) is 1.65. The molecular weight excluding hydrogens is 267 g/mol. The molecule has 1 atom stereocenters. The Labute approximate surface area is 106 Å². The van der Waals surface area contributed by atoms with Gasteiger partial charge in [0, 0.05) is 5.92 Å². The van der Waals surface area contributed by atoms with Crippen molar-refractivity contribution in [3.8, 4) is 5.75 Å². The van der Waals surface area contributed by atoms with E-state index in [1.165, 1.54) is 6.08 Å². The van der Waals surface area contributed by atoms with Crippen molar-refractivity contribution >= 4 is 0 Å². The molecule has 0 aromatic heterocycles. The van der Waals surface area contributed by atoms with Crippen LogP contribution in [0.1, 0.15) is 13.3 Å². The molecule has 1 aromatic carbocycles. The van der Waals surface area contributed by atoms with Crippen molar-refractivity contribution in [2.75, 3.05) is 0 Å². The molecule has 0 amide bonds. The summed E-state index contributed by atoms with van der Waals surface area (Å²) in [7, 11) is 0. The quantitative estimate of drug-likeness (QED) is 0.446. The number of halogens is 5. The molecule has 0 saturated heterocycles. The van der Waals surface area contributed by atoms with Crippen LogP contribution in [-0.4, -0.2) is 0 Å². The largest absolute Gasteiger partial charge is 0.455 e. The van der Waals surface area contributed by atoms with Crippen LogP contribution in [0, 0.1) is 35.0 Å². The normalized spacial score (nSPS) is 18.4. The highest BCUT2D eigenvalue weighted by molar-refractivity contribution is 5.32. The minimum atomic E-state index is -2.20. The Bertz CT molecular complexity index is 548. The predicted octanol–water partition coefficient (Wildman–Crippen LogP) is 4.24. The maximum Gasteiger partial charge on any atom is 0.207 e. The van der Waals surface area contributed by atoms with E-state index in [2.05, 4.69) is 0 Å². The zero-order chi connectivity index (χ0) is 14.2. The van der Waals surface area contributed by atoms with Gasteiger partial charge in [0.25, 0.3) is 0 Å². The summed E-state index contributed by atoms with van der Waals surface area (Å²) in [6, 6.07) is 0. The van der Waals surface area contributed by atoms with Crippen LogP contribution in [0.3, 0.4) is 0 Å². The number of ether oxygens (including phenoxy) is 1. The van der Waals surface area contributed by atoms with E-state index in [-0.39, 0.29) is 11.7 Å². The van der Waals surface area contributed by atoms with Gasteiger partial charge in [0.2, 0.25) is 34.8 Å². The zero-order valence-corrected chi connectivity index (χ0v) is 9.81. The Morgan fingerprint density at radius 1 is 0.947 bits per heavy atom. The van der Waals surface area contributed by atoms with Crippen LogP contribution < -0.4 is 4.74 Å². The van der Waals surface area contributed by atoms with Crippen molar-refractivity contribution in [2.24, 2.45) is 5.92 Å². The maximum atomic E-state index is 13.4. The van der Waals surface area contributed by atoms with Crippen LogP contribution in [0.2, 0.25) is 0 Å². The lowest BCUT2D eigenvalue weighted by molar-refractivity contribution is 0.290. The Balaban J connectivity index is 2.46. The van der Waals surface area contributed by atoms with Crippen molar-refractivity contribution in [1.82, 2.24) is 0 Å². The van der Waals surface area contributed by atoms with Gasteiger partial charge in [0.05, 0.1) is 0 Å². The van der Waals surface area contributed by atoms with Gasteiger partial charge in [0.15, 0.2) is 0 Å². The fraction of sp³-hybridized carbons (Fsp3) is 0.231. The minimum Gasteiger partial charge on any atom is -0.455 e. The molecule has 1 aliphatic carbocycles. The molecule has 6 heteroatoms. The van der Waals surface area contributed by atoms with Crippen molar-refractivity contribution in [3.63, 3.8) is 0 Å². The summed E-state index contributed by atoms with van der Waals surface area (Å²) in [6.45, 7) is 1.71. The van der Waals surface area contributed by atoms with Crippen LogP contribution in [0.5, 0.6) is 5.75 Å². The molecule has 0 spiro atoms. The minimum absolute atomic E-state index is 0.144. The first-order chi connectivity index (χ1) is 8.93. The molecular formula is C13H9F5O. The van der Waals surface area contributed by atoms with Crippen LogP contribution >= 0.6 is 0 Å². The highest BCUT2D eigenvalue weighted by Gasteiger charge is 2.28. The van der Waals surface area contributed by atoms with Gasteiger partial charge in [-0.05, 0) is 12.5 Å². The second-order valence-electron chi connectivity index (χ2n) is 4.14. The van der Waals surface area contributed by atoms with Crippen LogP contribution in [0.15, 0.2) is 24.0 Å². The highest BCUT2D eigenvalue weighted by Crippen LogP contribution is 2.32. The number of allylic oxidation sites excluding steroid dienone is 4. The summed E-state index contributed by atoms with van der Waals surface area (Å²) in [4.78, 5) is 0. The summed E-state index contributed by atoms with van der Waals surface area (Å²) < 4.78 is 70.4. The van der Waals surface area contributed by atoms with E-state index in [0.29, 0.717) is 6.42 Å². The molecule has 0 aliphatic heterocycles. The molecule has 0 N–H and O–H groups in total. The van der Waals surface area contributed by atoms with Crippen LogP contribution in [0.25, 0.3) is 0 Å². The summed E-state index contributed by atoms with van der Waals surface area (Å²) in [5.74, 6) is -11.5. The van der Waals surface area contributed by atoms with Crippen molar-refractivity contribution in [1.29, 1.82) is 0 Å². The molecule has 1 aliphatic rings. The lowest BCUT2D eigenvalue weighted by Crippen LogP contribution is -2.12. The van der Waals surface area contributed by atoms with Gasteiger partial charge in [-0.2, -0.15) is 8.78 Å². The summed E-state index contributed by atoms with van der Waals surface area (Å²) in [6.07, 6.45) is 5.37. The molecule has 0 fully saturated rings. The summed E-state index contributed by atoms with van der Waals surface area (Å²) >= 11 is 0. The van der Waals surface area contributed by atoms with Gasteiger partial charge in [-0.3, -0.25) is 0 Å². The van der Waals surface area contributed by atoms with Crippen molar-refractivity contribution in [2.45, 2.75) is 13.3 Å². The standard InChI is InChI=1S/C13H9F5O/c1-6-4-2-3-5-7(6)19-13-11(17)9(15)8(14)10(16)12(13)18/h2-3,5-6H,4H2,1H3. The summed E-state index contributed by atoms with van der Waals surface area (Å²) in [5.41, 5.74) is 0. The molecule has 1 unspecified atom stereocenters. The third kappa shape index (κ3) is 2.34. The SMILES string of the molecule is CC1CC=CC=C1Oc1c(F)c(F)c(F)c(F)c1F. The Kier molecular flexibility index (Phi) is 3.59. The molecule has 102 valence electrons. The van der Waals surface area contributed by atoms with Crippen molar-refractivity contribution in [3.05, 3.63) is 53.1 Å². The topological polar surface area (TPSA) is 9.23 Å². The number of hydrogen-bond acceptors (Lipinski definition) is 1. The second kappa shape index (κ2) is 5.03. The first-order valence-electron chi connectivity index (χ1n) is 5.49. The van der Waals surface area contributed by atoms with E-state index in [9.17, 15) is 22.0 Å². The van der Waals surface area contributed by atoms with E-state index in [0.717, 1.165) is 0 Å².